The zero-order chi connectivity index (χ0) is 9.40. The molecule has 1 atom stereocenters. The first-order valence-electron chi connectivity index (χ1n) is 4.11. The molecule has 0 spiro atoms. The van der Waals surface area contributed by atoms with Crippen molar-refractivity contribution in [2.45, 2.75) is 26.9 Å². The molecule has 1 saturated heterocycles. The van der Waals surface area contributed by atoms with E-state index in [1.54, 1.807) is 6.92 Å². The molecule has 0 saturated carbocycles. The van der Waals surface area contributed by atoms with Crippen LogP contribution in [0, 0.1) is 0 Å². The van der Waals surface area contributed by atoms with Gasteiger partial charge in [0.15, 0.2) is 0 Å². The molecule has 1 heterocycles. The highest BCUT2D eigenvalue weighted by molar-refractivity contribution is 5.61. The minimum Gasteiger partial charge on any atom is -0.430 e. The minimum absolute atomic E-state index is 0.0486. The summed E-state index contributed by atoms with van der Waals surface area (Å²) < 4.78 is 13.7. The molecule has 1 fully saturated rings. The smallest absolute Gasteiger partial charge is 0.430 e. The highest BCUT2D eigenvalue weighted by Crippen LogP contribution is 2.02. The van der Waals surface area contributed by atoms with Gasteiger partial charge in [-0.3, -0.25) is 0 Å². The molecule has 72 valence electrons. The zero-order valence-electron chi connectivity index (χ0n) is 7.83. The van der Waals surface area contributed by atoms with Crippen LogP contribution in [0.4, 0.5) is 4.79 Å². The number of hydrogen-bond donors (Lipinski definition) is 0. The SMILES string of the molecule is CC1COC(=O)O1.CCOCC. The van der Waals surface area contributed by atoms with Gasteiger partial charge in [0.1, 0.15) is 12.7 Å². The van der Waals surface area contributed by atoms with Gasteiger partial charge in [-0.25, -0.2) is 4.79 Å². The van der Waals surface area contributed by atoms with E-state index >= 15 is 0 Å². The Kier molecular flexibility index (Phi) is 6.47. The fraction of sp³-hybridized carbons (Fsp3) is 0.875. The molecule has 0 amide bonds. The van der Waals surface area contributed by atoms with Gasteiger partial charge in [0, 0.05) is 13.2 Å². The highest BCUT2D eigenvalue weighted by atomic mass is 16.8. The van der Waals surface area contributed by atoms with Crippen molar-refractivity contribution in [1.82, 2.24) is 0 Å². The summed E-state index contributed by atoms with van der Waals surface area (Å²) in [7, 11) is 0. The van der Waals surface area contributed by atoms with Crippen LogP contribution in [0.5, 0.6) is 0 Å². The Labute approximate surface area is 72.8 Å². The first-order valence-corrected chi connectivity index (χ1v) is 4.11. The molecule has 4 nitrogen and oxygen atoms in total. The molecule has 1 aliphatic rings. The van der Waals surface area contributed by atoms with Crippen molar-refractivity contribution >= 4 is 6.16 Å². The van der Waals surface area contributed by atoms with Gasteiger partial charge in [0.05, 0.1) is 0 Å². The number of hydrogen-bond acceptors (Lipinski definition) is 4. The van der Waals surface area contributed by atoms with Crippen LogP contribution in [0.1, 0.15) is 20.8 Å². The van der Waals surface area contributed by atoms with Crippen molar-refractivity contribution < 1.29 is 19.0 Å². The molecule has 0 aromatic carbocycles. The van der Waals surface area contributed by atoms with Crippen molar-refractivity contribution in [3.63, 3.8) is 0 Å². The van der Waals surface area contributed by atoms with Crippen molar-refractivity contribution in [2.75, 3.05) is 19.8 Å². The normalized spacial score (nSPS) is 20.6. The Morgan fingerprint density at radius 1 is 1.50 bits per heavy atom. The van der Waals surface area contributed by atoms with E-state index in [-0.39, 0.29) is 6.10 Å². The Morgan fingerprint density at radius 3 is 2.17 bits per heavy atom. The van der Waals surface area contributed by atoms with Gasteiger partial charge < -0.3 is 14.2 Å². The van der Waals surface area contributed by atoms with Gasteiger partial charge in [0.25, 0.3) is 0 Å². The quantitative estimate of drug-likeness (QED) is 0.599. The van der Waals surface area contributed by atoms with E-state index in [2.05, 4.69) is 9.47 Å². The van der Waals surface area contributed by atoms with Gasteiger partial charge in [-0.05, 0) is 20.8 Å². The molecular formula is C8H16O4. The second-order valence-electron chi connectivity index (χ2n) is 2.27. The Bertz CT molecular complexity index is 122. The second kappa shape index (κ2) is 6.91. The maximum Gasteiger partial charge on any atom is 0.508 e. The lowest BCUT2D eigenvalue weighted by atomic mass is 10.5. The van der Waals surface area contributed by atoms with Gasteiger partial charge in [-0.2, -0.15) is 0 Å². The third-order valence-corrected chi connectivity index (χ3v) is 1.14. The van der Waals surface area contributed by atoms with E-state index in [9.17, 15) is 4.79 Å². The third-order valence-electron chi connectivity index (χ3n) is 1.14. The Morgan fingerprint density at radius 2 is 2.08 bits per heavy atom. The lowest BCUT2D eigenvalue weighted by Gasteiger charge is -1.90. The standard InChI is InChI=1S/C4H6O3.C4H10O/c1-3-2-6-4(5)7-3;1-3-5-4-2/h3H,2H2,1H3;3-4H2,1-2H3. The van der Waals surface area contributed by atoms with Crippen LogP contribution >= 0.6 is 0 Å². The van der Waals surface area contributed by atoms with E-state index in [1.165, 1.54) is 0 Å². The van der Waals surface area contributed by atoms with E-state index < -0.39 is 6.16 Å². The van der Waals surface area contributed by atoms with Gasteiger partial charge in [-0.1, -0.05) is 0 Å². The largest absolute Gasteiger partial charge is 0.508 e. The summed E-state index contributed by atoms with van der Waals surface area (Å²) in [6.07, 6.45) is -0.597. The molecule has 0 bridgehead atoms. The van der Waals surface area contributed by atoms with Crippen LogP contribution in [0.25, 0.3) is 0 Å². The number of cyclic esters (lactones) is 2. The molecule has 1 unspecified atom stereocenters. The van der Waals surface area contributed by atoms with Crippen LogP contribution in [-0.2, 0) is 14.2 Å². The molecule has 1 aliphatic heterocycles. The highest BCUT2D eigenvalue weighted by Gasteiger charge is 2.19. The average Bonchev–Trinajstić information content (AvgIpc) is 2.38. The summed E-state index contributed by atoms with van der Waals surface area (Å²) in [5.41, 5.74) is 0. The molecule has 0 aromatic rings. The lowest BCUT2D eigenvalue weighted by Crippen LogP contribution is -2.01. The first-order chi connectivity index (χ1) is 5.70. The number of ether oxygens (including phenoxy) is 3. The van der Waals surface area contributed by atoms with Crippen LogP contribution in [0.15, 0.2) is 0 Å². The number of rotatable bonds is 2. The summed E-state index contributed by atoms with van der Waals surface area (Å²) in [5.74, 6) is 0. The molecule has 0 radical (unpaired) electrons. The van der Waals surface area contributed by atoms with Crippen LogP contribution in [0.2, 0.25) is 0 Å². The van der Waals surface area contributed by atoms with Gasteiger partial charge in [0.2, 0.25) is 0 Å². The molecule has 0 aromatic heterocycles. The monoisotopic (exact) mass is 176 g/mol. The summed E-state index contributed by atoms with van der Waals surface area (Å²) in [4.78, 5) is 10.0. The van der Waals surface area contributed by atoms with Crippen LogP contribution in [0.3, 0.4) is 0 Å². The molecule has 0 aliphatic carbocycles. The zero-order valence-corrected chi connectivity index (χ0v) is 7.83. The van der Waals surface area contributed by atoms with Crippen LogP contribution in [-0.4, -0.2) is 32.1 Å². The van der Waals surface area contributed by atoms with Gasteiger partial charge >= 0.3 is 6.16 Å². The van der Waals surface area contributed by atoms with Gasteiger partial charge in [-0.15, -0.1) is 0 Å². The second-order valence-corrected chi connectivity index (χ2v) is 2.27. The molecule has 4 heteroatoms. The summed E-state index contributed by atoms with van der Waals surface area (Å²) in [6, 6.07) is 0. The predicted molar refractivity (Wildman–Crippen MR) is 44.1 cm³/mol. The molecule has 0 N–H and O–H groups in total. The van der Waals surface area contributed by atoms with Crippen LogP contribution < -0.4 is 0 Å². The van der Waals surface area contributed by atoms with Crippen molar-refractivity contribution in [2.24, 2.45) is 0 Å². The number of carbonyl (C=O) groups is 1. The predicted octanol–water partition coefficient (Wildman–Crippen LogP) is 1.58. The van der Waals surface area contributed by atoms with E-state index in [1.807, 2.05) is 13.8 Å². The Balaban J connectivity index is 0.000000217. The molecule has 12 heavy (non-hydrogen) atoms. The van der Waals surface area contributed by atoms with E-state index in [4.69, 9.17) is 4.74 Å². The summed E-state index contributed by atoms with van der Waals surface area (Å²) in [6.45, 7) is 7.85. The maximum absolute atomic E-state index is 10.0. The maximum atomic E-state index is 10.0. The fourth-order valence-corrected chi connectivity index (χ4v) is 0.622. The van der Waals surface area contributed by atoms with E-state index in [0.717, 1.165) is 13.2 Å². The van der Waals surface area contributed by atoms with Crippen molar-refractivity contribution in [3.05, 3.63) is 0 Å². The molecular weight excluding hydrogens is 160 g/mol. The molecule has 1 rings (SSSR count). The summed E-state index contributed by atoms with van der Waals surface area (Å²) >= 11 is 0. The number of carbonyl (C=O) groups excluding carboxylic acids is 1. The van der Waals surface area contributed by atoms with Crippen molar-refractivity contribution in [3.8, 4) is 0 Å². The average molecular weight is 176 g/mol. The summed E-state index contributed by atoms with van der Waals surface area (Å²) in [5, 5.41) is 0. The lowest BCUT2D eigenvalue weighted by molar-refractivity contribution is 0.121. The fourth-order valence-electron chi connectivity index (χ4n) is 0.622. The third kappa shape index (κ3) is 5.97. The topological polar surface area (TPSA) is 44.8 Å². The van der Waals surface area contributed by atoms with E-state index in [0.29, 0.717) is 6.61 Å². The minimum atomic E-state index is -0.549. The van der Waals surface area contributed by atoms with Crippen molar-refractivity contribution in [1.29, 1.82) is 0 Å². The Hall–Kier alpha value is -0.770. The first kappa shape index (κ1) is 11.2.